The van der Waals surface area contributed by atoms with Crippen molar-refractivity contribution in [1.29, 1.82) is 0 Å². The Balaban J connectivity index is 1.53. The molecule has 0 aliphatic carbocycles. The Kier molecular flexibility index (Phi) is 4.75. The smallest absolute Gasteiger partial charge is 0.251 e. The lowest BCUT2D eigenvalue weighted by Gasteiger charge is -2.36. The van der Waals surface area contributed by atoms with Crippen molar-refractivity contribution in [2.75, 3.05) is 12.8 Å². The van der Waals surface area contributed by atoms with Gasteiger partial charge in [0.15, 0.2) is 0 Å². The average Bonchev–Trinajstić information content (AvgIpc) is 3.08. The molecule has 0 radical (unpaired) electrons. The van der Waals surface area contributed by atoms with Crippen molar-refractivity contribution in [2.24, 2.45) is 0 Å². The zero-order chi connectivity index (χ0) is 20.0. The van der Waals surface area contributed by atoms with Crippen LogP contribution in [0.15, 0.2) is 29.3 Å². The number of carbonyl (C=O) groups is 1. The van der Waals surface area contributed by atoms with Gasteiger partial charge in [-0.1, -0.05) is 17.8 Å². The zero-order valence-corrected chi connectivity index (χ0v) is 16.8. The number of piperidine rings is 1. The number of aryl methyl sites for hydroxylation is 2. The van der Waals surface area contributed by atoms with Crippen LogP contribution in [0, 0.1) is 13.8 Å². The van der Waals surface area contributed by atoms with Crippen LogP contribution in [0.3, 0.4) is 0 Å². The standard InChI is InChI=1S/C22H28N4O2/c1-12(22(27)24-16-10-17-6-7-18(11-16)26(17)4)19-9-15(5-8-20(19)23)21-13(2)25-28-14(21)3/h5,8-9,16-18H,1,6-7,10-11,23H2,2-4H3,(H,24,27). The van der Waals surface area contributed by atoms with Gasteiger partial charge < -0.3 is 20.5 Å². The molecule has 2 unspecified atom stereocenters. The topological polar surface area (TPSA) is 84.4 Å². The molecule has 2 fully saturated rings. The number of hydrogen-bond donors (Lipinski definition) is 2. The number of fused-ring (bicyclic) bond motifs is 2. The highest BCUT2D eigenvalue weighted by Gasteiger charge is 2.39. The minimum Gasteiger partial charge on any atom is -0.398 e. The number of anilines is 1. The summed E-state index contributed by atoms with van der Waals surface area (Å²) in [6.45, 7) is 7.82. The van der Waals surface area contributed by atoms with Crippen molar-refractivity contribution in [3.63, 3.8) is 0 Å². The highest BCUT2D eigenvalue weighted by molar-refractivity contribution is 6.20. The Morgan fingerprint density at radius 3 is 2.57 bits per heavy atom. The predicted octanol–water partition coefficient (Wildman–Crippen LogP) is 3.30. The van der Waals surface area contributed by atoms with E-state index in [0.29, 0.717) is 28.9 Å². The van der Waals surface area contributed by atoms with E-state index in [4.69, 9.17) is 10.3 Å². The summed E-state index contributed by atoms with van der Waals surface area (Å²) in [5, 5.41) is 7.21. The monoisotopic (exact) mass is 380 g/mol. The third kappa shape index (κ3) is 3.22. The molecule has 1 aromatic heterocycles. The summed E-state index contributed by atoms with van der Waals surface area (Å²) in [4.78, 5) is 15.4. The summed E-state index contributed by atoms with van der Waals surface area (Å²) >= 11 is 0. The molecule has 2 aliphatic heterocycles. The van der Waals surface area contributed by atoms with Gasteiger partial charge in [-0.3, -0.25) is 4.79 Å². The Morgan fingerprint density at radius 2 is 1.96 bits per heavy atom. The van der Waals surface area contributed by atoms with E-state index in [2.05, 4.69) is 29.0 Å². The third-order valence-corrected chi connectivity index (χ3v) is 6.41. The number of nitrogens with zero attached hydrogens (tertiary/aromatic N) is 2. The van der Waals surface area contributed by atoms with Crippen LogP contribution in [-0.2, 0) is 4.79 Å². The van der Waals surface area contributed by atoms with Crippen LogP contribution >= 0.6 is 0 Å². The minimum absolute atomic E-state index is 0.142. The molecule has 3 N–H and O–H groups in total. The fourth-order valence-corrected chi connectivity index (χ4v) is 4.79. The van der Waals surface area contributed by atoms with Gasteiger partial charge in [0.05, 0.1) is 5.69 Å². The highest BCUT2D eigenvalue weighted by Crippen LogP contribution is 2.35. The summed E-state index contributed by atoms with van der Waals surface area (Å²) in [6.07, 6.45) is 4.45. The molecule has 1 aromatic carbocycles. The van der Waals surface area contributed by atoms with Gasteiger partial charge in [0.2, 0.25) is 0 Å². The van der Waals surface area contributed by atoms with Gasteiger partial charge in [-0.15, -0.1) is 0 Å². The van der Waals surface area contributed by atoms with Crippen molar-refractivity contribution < 1.29 is 9.32 Å². The second-order valence-corrected chi connectivity index (χ2v) is 8.17. The van der Waals surface area contributed by atoms with Crippen molar-refractivity contribution in [3.8, 4) is 11.1 Å². The molecule has 3 heterocycles. The number of nitrogen functional groups attached to an aromatic ring is 1. The summed E-state index contributed by atoms with van der Waals surface area (Å²) in [7, 11) is 2.19. The molecule has 2 aromatic rings. The first kappa shape index (κ1) is 18.7. The number of carbonyl (C=O) groups excluding carboxylic acids is 1. The van der Waals surface area contributed by atoms with E-state index < -0.39 is 0 Å². The van der Waals surface area contributed by atoms with E-state index in [-0.39, 0.29) is 11.9 Å². The molecular weight excluding hydrogens is 352 g/mol. The molecule has 2 saturated heterocycles. The van der Waals surface area contributed by atoms with E-state index in [1.807, 2.05) is 32.0 Å². The molecule has 0 saturated carbocycles. The van der Waals surface area contributed by atoms with Gasteiger partial charge in [-0.25, -0.2) is 0 Å². The lowest BCUT2D eigenvalue weighted by molar-refractivity contribution is -0.116. The van der Waals surface area contributed by atoms with Crippen LogP contribution in [0.25, 0.3) is 16.7 Å². The van der Waals surface area contributed by atoms with Gasteiger partial charge in [0.25, 0.3) is 5.91 Å². The van der Waals surface area contributed by atoms with Crippen molar-refractivity contribution in [3.05, 3.63) is 41.8 Å². The van der Waals surface area contributed by atoms with Crippen LogP contribution in [0.4, 0.5) is 5.69 Å². The second kappa shape index (κ2) is 7.09. The number of nitrogens with two attached hydrogens (primary N) is 1. The van der Waals surface area contributed by atoms with Gasteiger partial charge in [0.1, 0.15) is 5.76 Å². The fraction of sp³-hybridized carbons (Fsp3) is 0.455. The summed E-state index contributed by atoms with van der Waals surface area (Å²) in [6, 6.07) is 6.98. The zero-order valence-electron chi connectivity index (χ0n) is 16.8. The molecule has 2 atom stereocenters. The van der Waals surface area contributed by atoms with Crippen LogP contribution < -0.4 is 11.1 Å². The lowest BCUT2D eigenvalue weighted by atomic mass is 9.95. The SMILES string of the molecule is C=C(C(=O)NC1CC2CCC(C1)N2C)c1cc(-c2c(C)noc2C)ccc1N. The number of benzene rings is 1. The molecule has 6 nitrogen and oxygen atoms in total. The molecule has 2 bridgehead atoms. The third-order valence-electron chi connectivity index (χ3n) is 6.41. The fourth-order valence-electron chi connectivity index (χ4n) is 4.79. The molecular formula is C22H28N4O2. The Bertz CT molecular complexity index is 899. The molecule has 28 heavy (non-hydrogen) atoms. The average molecular weight is 380 g/mol. The summed E-state index contributed by atoms with van der Waals surface area (Å²) in [5.41, 5.74) is 10.4. The van der Waals surface area contributed by atoms with E-state index in [1.165, 1.54) is 12.8 Å². The number of amides is 1. The van der Waals surface area contributed by atoms with Crippen LogP contribution in [-0.4, -0.2) is 41.1 Å². The van der Waals surface area contributed by atoms with Crippen molar-refractivity contribution >= 4 is 17.2 Å². The maximum absolute atomic E-state index is 12.9. The van der Waals surface area contributed by atoms with Gasteiger partial charge in [-0.05, 0) is 64.3 Å². The van der Waals surface area contributed by atoms with Crippen molar-refractivity contribution in [1.82, 2.24) is 15.4 Å². The molecule has 6 heteroatoms. The van der Waals surface area contributed by atoms with E-state index >= 15 is 0 Å². The van der Waals surface area contributed by atoms with Gasteiger partial charge >= 0.3 is 0 Å². The maximum atomic E-state index is 12.9. The molecule has 2 aliphatic rings. The quantitative estimate of drug-likeness (QED) is 0.628. The maximum Gasteiger partial charge on any atom is 0.251 e. The Morgan fingerprint density at radius 1 is 1.29 bits per heavy atom. The van der Waals surface area contributed by atoms with E-state index in [0.717, 1.165) is 35.4 Å². The normalized spacial score (nSPS) is 24.3. The van der Waals surface area contributed by atoms with Gasteiger partial charge in [0, 0.05) is 40.5 Å². The molecule has 0 spiro atoms. The summed E-state index contributed by atoms with van der Waals surface area (Å²) in [5.74, 6) is 0.599. The molecule has 1 amide bonds. The molecule has 4 rings (SSSR count). The van der Waals surface area contributed by atoms with Crippen LogP contribution in [0.1, 0.15) is 42.7 Å². The largest absolute Gasteiger partial charge is 0.398 e. The highest BCUT2D eigenvalue weighted by atomic mass is 16.5. The predicted molar refractivity (Wildman–Crippen MR) is 111 cm³/mol. The minimum atomic E-state index is -0.142. The van der Waals surface area contributed by atoms with Crippen LogP contribution in [0.2, 0.25) is 0 Å². The summed E-state index contributed by atoms with van der Waals surface area (Å²) < 4.78 is 5.28. The number of aromatic nitrogens is 1. The van der Waals surface area contributed by atoms with E-state index in [1.54, 1.807) is 0 Å². The number of nitrogens with one attached hydrogen (secondary N) is 1. The van der Waals surface area contributed by atoms with Crippen LogP contribution in [0.5, 0.6) is 0 Å². The Hall–Kier alpha value is -2.60. The lowest BCUT2D eigenvalue weighted by Crippen LogP contribution is -2.48. The second-order valence-electron chi connectivity index (χ2n) is 8.17. The molecule has 148 valence electrons. The number of hydrogen-bond acceptors (Lipinski definition) is 5. The first-order valence-electron chi connectivity index (χ1n) is 9.90. The first-order valence-corrected chi connectivity index (χ1v) is 9.90. The number of rotatable bonds is 4. The van der Waals surface area contributed by atoms with E-state index in [9.17, 15) is 4.79 Å². The van der Waals surface area contributed by atoms with Crippen molar-refractivity contribution in [2.45, 2.75) is 57.7 Å². The van der Waals surface area contributed by atoms with Gasteiger partial charge in [-0.2, -0.15) is 0 Å². The first-order chi connectivity index (χ1) is 13.3. The Labute approximate surface area is 165 Å².